The topological polar surface area (TPSA) is 57.6 Å². The van der Waals surface area contributed by atoms with Gasteiger partial charge in [-0.2, -0.15) is 0 Å². The van der Waals surface area contributed by atoms with E-state index in [0.29, 0.717) is 5.56 Å². The molecule has 0 radical (unpaired) electrons. The van der Waals surface area contributed by atoms with E-state index in [9.17, 15) is 14.7 Å². The van der Waals surface area contributed by atoms with Crippen molar-refractivity contribution in [3.63, 3.8) is 0 Å². The molecule has 0 fully saturated rings. The van der Waals surface area contributed by atoms with Crippen LogP contribution in [0.15, 0.2) is 140 Å². The number of nitrogens with zero attached hydrogens (tertiary/aromatic N) is 1. The number of aliphatic carboxylic acids is 1. The first-order chi connectivity index (χ1) is 20.1. The van der Waals surface area contributed by atoms with Crippen LogP contribution in [0.1, 0.15) is 33.9 Å². The van der Waals surface area contributed by atoms with Crippen LogP contribution in [0.5, 0.6) is 0 Å². The van der Waals surface area contributed by atoms with Crippen molar-refractivity contribution in [1.82, 2.24) is 4.90 Å². The Balaban J connectivity index is 1.48. The van der Waals surface area contributed by atoms with Gasteiger partial charge in [0.2, 0.25) is 0 Å². The summed E-state index contributed by atoms with van der Waals surface area (Å²) in [7, 11) is 0. The smallest absolute Gasteiger partial charge is 0.305 e. The minimum absolute atomic E-state index is 0.201. The minimum atomic E-state index is -0.962. The lowest BCUT2D eigenvalue weighted by Gasteiger charge is -2.32. The maximum absolute atomic E-state index is 14.5. The molecule has 41 heavy (non-hydrogen) atoms. The fourth-order valence-electron chi connectivity index (χ4n) is 5.61. The average Bonchev–Trinajstić information content (AvgIpc) is 3.02. The third-order valence-electron chi connectivity index (χ3n) is 7.65. The van der Waals surface area contributed by atoms with E-state index in [4.69, 9.17) is 0 Å². The predicted octanol–water partition coefficient (Wildman–Crippen LogP) is 8.52. The van der Waals surface area contributed by atoms with Crippen molar-refractivity contribution in [2.75, 3.05) is 0 Å². The first-order valence-corrected chi connectivity index (χ1v) is 13.7. The normalized spacial score (nSPS) is 11.8. The molecule has 4 nitrogen and oxygen atoms in total. The van der Waals surface area contributed by atoms with Gasteiger partial charge in [-0.1, -0.05) is 133 Å². The number of amides is 1. The second kappa shape index (κ2) is 11.5. The summed E-state index contributed by atoms with van der Waals surface area (Å²) in [6.07, 6.45) is -0.216. The Bertz CT molecular complexity index is 1830. The van der Waals surface area contributed by atoms with Crippen LogP contribution in [0.3, 0.4) is 0 Å². The van der Waals surface area contributed by atoms with Gasteiger partial charge in [0.15, 0.2) is 0 Å². The Labute approximate surface area is 239 Å². The molecule has 1 amide bonds. The van der Waals surface area contributed by atoms with Gasteiger partial charge in [0.05, 0.1) is 12.5 Å². The highest BCUT2D eigenvalue weighted by Gasteiger charge is 2.30. The molecule has 0 aliphatic heterocycles. The van der Waals surface area contributed by atoms with Crippen molar-refractivity contribution in [2.24, 2.45) is 0 Å². The largest absolute Gasteiger partial charge is 0.481 e. The molecule has 0 spiro atoms. The summed E-state index contributed by atoms with van der Waals surface area (Å²) in [5.41, 5.74) is 4.41. The lowest BCUT2D eigenvalue weighted by atomic mass is 9.95. The maximum Gasteiger partial charge on any atom is 0.305 e. The highest BCUT2D eigenvalue weighted by atomic mass is 16.4. The van der Waals surface area contributed by atoms with Crippen molar-refractivity contribution in [3.8, 4) is 11.1 Å². The van der Waals surface area contributed by atoms with Gasteiger partial charge >= 0.3 is 5.97 Å². The molecule has 0 aliphatic carbocycles. The highest BCUT2D eigenvalue weighted by Crippen LogP contribution is 2.33. The molecule has 1 unspecified atom stereocenters. The second-order valence-electron chi connectivity index (χ2n) is 10.2. The molecule has 0 aromatic heterocycles. The molecule has 0 heterocycles. The van der Waals surface area contributed by atoms with Crippen LogP contribution in [-0.2, 0) is 11.3 Å². The third-order valence-corrected chi connectivity index (χ3v) is 7.65. The Kier molecular flexibility index (Phi) is 7.29. The maximum atomic E-state index is 14.5. The standard InChI is InChI=1S/C37H29NO3/c39-36(40)24-35(30-22-20-27(21-23-30)26-10-2-1-3-11-26)38(25-31-16-8-14-28-12-4-6-17-32(28)31)37(41)34-19-9-15-29-13-5-7-18-33(29)34/h1-23,35H,24-25H2,(H,39,40). The van der Waals surface area contributed by atoms with Crippen molar-refractivity contribution < 1.29 is 14.7 Å². The number of hydrogen-bond donors (Lipinski definition) is 1. The van der Waals surface area contributed by atoms with E-state index >= 15 is 0 Å². The van der Waals surface area contributed by atoms with Crippen LogP contribution < -0.4 is 0 Å². The third kappa shape index (κ3) is 5.45. The van der Waals surface area contributed by atoms with Crippen LogP contribution in [0.4, 0.5) is 0 Å². The summed E-state index contributed by atoms with van der Waals surface area (Å²) in [5, 5.41) is 14.0. The summed E-state index contributed by atoms with van der Waals surface area (Å²) in [5.74, 6) is -1.16. The Morgan fingerprint density at radius 3 is 1.85 bits per heavy atom. The lowest BCUT2D eigenvalue weighted by molar-refractivity contribution is -0.138. The summed E-state index contributed by atoms with van der Waals surface area (Å²) < 4.78 is 0. The Hall–Kier alpha value is -5.22. The molecule has 0 bridgehead atoms. The van der Waals surface area contributed by atoms with Crippen LogP contribution >= 0.6 is 0 Å². The zero-order valence-electron chi connectivity index (χ0n) is 22.5. The first kappa shape index (κ1) is 26.0. The van der Waals surface area contributed by atoms with E-state index in [1.807, 2.05) is 140 Å². The van der Waals surface area contributed by atoms with Crippen molar-refractivity contribution in [2.45, 2.75) is 19.0 Å². The number of carbonyl (C=O) groups is 2. The summed E-state index contributed by atoms with van der Waals surface area (Å²) in [6.45, 7) is 0.266. The monoisotopic (exact) mass is 535 g/mol. The molecule has 6 aromatic rings. The fraction of sp³-hybridized carbons (Fsp3) is 0.0811. The van der Waals surface area contributed by atoms with E-state index in [-0.39, 0.29) is 18.9 Å². The van der Waals surface area contributed by atoms with Gasteiger partial charge < -0.3 is 10.0 Å². The van der Waals surface area contributed by atoms with Crippen molar-refractivity contribution in [3.05, 3.63) is 156 Å². The first-order valence-electron chi connectivity index (χ1n) is 13.7. The minimum Gasteiger partial charge on any atom is -0.481 e. The van der Waals surface area contributed by atoms with Gasteiger partial charge in [-0.3, -0.25) is 9.59 Å². The zero-order valence-corrected chi connectivity index (χ0v) is 22.5. The van der Waals surface area contributed by atoms with Gasteiger partial charge in [-0.15, -0.1) is 0 Å². The van der Waals surface area contributed by atoms with Crippen LogP contribution in [0.25, 0.3) is 32.7 Å². The summed E-state index contributed by atoms with van der Waals surface area (Å²) >= 11 is 0. The highest BCUT2D eigenvalue weighted by molar-refractivity contribution is 6.07. The summed E-state index contributed by atoms with van der Waals surface area (Å²) in [4.78, 5) is 28.5. The van der Waals surface area contributed by atoms with E-state index in [1.165, 1.54) is 0 Å². The summed E-state index contributed by atoms with van der Waals surface area (Å²) in [6, 6.07) is 44.9. The van der Waals surface area contributed by atoms with E-state index in [1.54, 1.807) is 4.90 Å². The molecule has 0 aliphatic rings. The molecule has 4 heteroatoms. The number of fused-ring (bicyclic) bond motifs is 2. The number of benzene rings is 6. The van der Waals surface area contributed by atoms with Gasteiger partial charge in [0, 0.05) is 12.1 Å². The molecule has 6 aromatic carbocycles. The van der Waals surface area contributed by atoms with E-state index < -0.39 is 12.0 Å². The molecular weight excluding hydrogens is 506 g/mol. The Morgan fingerprint density at radius 2 is 1.15 bits per heavy atom. The van der Waals surface area contributed by atoms with Crippen molar-refractivity contribution in [1.29, 1.82) is 0 Å². The molecule has 1 N–H and O–H groups in total. The quantitative estimate of drug-likeness (QED) is 0.213. The van der Waals surface area contributed by atoms with Gasteiger partial charge in [0.1, 0.15) is 0 Å². The molecule has 6 rings (SSSR count). The average molecular weight is 536 g/mol. The van der Waals surface area contributed by atoms with Gasteiger partial charge in [-0.25, -0.2) is 0 Å². The zero-order chi connectivity index (χ0) is 28.2. The number of rotatable bonds is 8. The predicted molar refractivity (Wildman–Crippen MR) is 165 cm³/mol. The number of carboxylic acids is 1. The SMILES string of the molecule is O=C(O)CC(c1ccc(-c2ccccc2)cc1)N(Cc1cccc2ccccc12)C(=O)c1cccc2ccccc12. The lowest BCUT2D eigenvalue weighted by Crippen LogP contribution is -2.36. The molecule has 0 saturated carbocycles. The molecular formula is C37H29NO3. The number of carboxylic acid groups (broad SMARTS) is 1. The van der Waals surface area contributed by atoms with Crippen molar-refractivity contribution >= 4 is 33.4 Å². The molecule has 200 valence electrons. The van der Waals surface area contributed by atoms with Crippen LogP contribution in [0, 0.1) is 0 Å². The fourth-order valence-corrected chi connectivity index (χ4v) is 5.61. The van der Waals surface area contributed by atoms with Gasteiger partial charge in [-0.05, 0) is 49.9 Å². The van der Waals surface area contributed by atoms with Crippen LogP contribution in [0.2, 0.25) is 0 Å². The number of carbonyl (C=O) groups excluding carboxylic acids is 1. The molecule has 0 saturated heterocycles. The van der Waals surface area contributed by atoms with Crippen LogP contribution in [-0.4, -0.2) is 21.9 Å². The van der Waals surface area contributed by atoms with E-state index in [0.717, 1.165) is 43.8 Å². The van der Waals surface area contributed by atoms with Gasteiger partial charge in [0.25, 0.3) is 5.91 Å². The Morgan fingerprint density at radius 1 is 0.585 bits per heavy atom. The number of hydrogen-bond acceptors (Lipinski definition) is 2. The van der Waals surface area contributed by atoms with E-state index in [2.05, 4.69) is 0 Å². The second-order valence-corrected chi connectivity index (χ2v) is 10.2. The molecule has 1 atom stereocenters.